The standard InChI is InChI=1S/C18H34N4O2.HI/c1-14-12-15(13-22(14)16-4-5-16)21-18(19-2)20-8-3-9-24-17-6-10-23-11-7-17;/h14-17H,3-13H2,1-2H3,(H2,19,20,21);1H. The molecule has 3 rings (SSSR count). The summed E-state index contributed by atoms with van der Waals surface area (Å²) in [5.41, 5.74) is 0. The largest absolute Gasteiger partial charge is 0.381 e. The Balaban J connectivity index is 0.00000225. The number of nitrogens with one attached hydrogen (secondary N) is 2. The van der Waals surface area contributed by atoms with Crippen LogP contribution in [0.25, 0.3) is 0 Å². The van der Waals surface area contributed by atoms with E-state index < -0.39 is 0 Å². The fourth-order valence-electron chi connectivity index (χ4n) is 3.84. The molecule has 2 saturated heterocycles. The highest BCUT2D eigenvalue weighted by atomic mass is 127. The zero-order chi connectivity index (χ0) is 16.8. The van der Waals surface area contributed by atoms with Crippen molar-refractivity contribution in [3.63, 3.8) is 0 Å². The van der Waals surface area contributed by atoms with Gasteiger partial charge < -0.3 is 20.1 Å². The maximum absolute atomic E-state index is 5.91. The minimum absolute atomic E-state index is 0. The van der Waals surface area contributed by atoms with E-state index in [1.807, 2.05) is 7.05 Å². The summed E-state index contributed by atoms with van der Waals surface area (Å²) in [6.45, 7) is 6.90. The Morgan fingerprint density at radius 3 is 2.68 bits per heavy atom. The zero-order valence-corrected chi connectivity index (χ0v) is 18.0. The number of halogens is 1. The molecule has 3 aliphatic rings. The molecule has 0 spiro atoms. The van der Waals surface area contributed by atoms with Crippen molar-refractivity contribution in [3.05, 3.63) is 0 Å². The maximum Gasteiger partial charge on any atom is 0.191 e. The molecule has 6 nitrogen and oxygen atoms in total. The molecule has 2 atom stereocenters. The van der Waals surface area contributed by atoms with Crippen LogP contribution in [0.4, 0.5) is 0 Å². The molecule has 2 heterocycles. The van der Waals surface area contributed by atoms with E-state index in [4.69, 9.17) is 9.47 Å². The van der Waals surface area contributed by atoms with Crippen LogP contribution in [0, 0.1) is 0 Å². The Labute approximate surface area is 169 Å². The van der Waals surface area contributed by atoms with Crippen molar-refractivity contribution in [3.8, 4) is 0 Å². The van der Waals surface area contributed by atoms with Crippen molar-refractivity contribution >= 4 is 29.9 Å². The van der Waals surface area contributed by atoms with Crippen molar-refractivity contribution in [2.24, 2.45) is 4.99 Å². The van der Waals surface area contributed by atoms with E-state index in [0.717, 1.165) is 64.2 Å². The lowest BCUT2D eigenvalue weighted by Crippen LogP contribution is -2.45. The molecule has 0 radical (unpaired) electrons. The summed E-state index contributed by atoms with van der Waals surface area (Å²) in [5, 5.41) is 7.01. The van der Waals surface area contributed by atoms with Gasteiger partial charge in [0.15, 0.2) is 5.96 Å². The van der Waals surface area contributed by atoms with Gasteiger partial charge >= 0.3 is 0 Å². The SMILES string of the molecule is CN=C(NCCCOC1CCOCC1)NC1CC(C)N(C2CC2)C1.I. The van der Waals surface area contributed by atoms with E-state index in [2.05, 4.69) is 27.4 Å². The van der Waals surface area contributed by atoms with Crippen LogP contribution in [0.5, 0.6) is 0 Å². The second-order valence-corrected chi connectivity index (χ2v) is 7.39. The van der Waals surface area contributed by atoms with Crippen LogP contribution < -0.4 is 10.6 Å². The highest BCUT2D eigenvalue weighted by molar-refractivity contribution is 14.0. The molecule has 0 bridgehead atoms. The van der Waals surface area contributed by atoms with Crippen LogP contribution in [-0.4, -0.2) is 75.0 Å². The van der Waals surface area contributed by atoms with Gasteiger partial charge in [0.25, 0.3) is 0 Å². The third-order valence-electron chi connectivity index (χ3n) is 5.34. The summed E-state index contributed by atoms with van der Waals surface area (Å²) in [7, 11) is 1.85. The van der Waals surface area contributed by atoms with Gasteiger partial charge in [-0.1, -0.05) is 0 Å². The van der Waals surface area contributed by atoms with Gasteiger partial charge in [0.1, 0.15) is 0 Å². The number of hydrogen-bond acceptors (Lipinski definition) is 4. The minimum atomic E-state index is 0. The molecule has 0 aromatic heterocycles. The number of likely N-dealkylation sites (tertiary alicyclic amines) is 1. The van der Waals surface area contributed by atoms with E-state index in [9.17, 15) is 0 Å². The van der Waals surface area contributed by atoms with Crippen LogP contribution in [0.2, 0.25) is 0 Å². The van der Waals surface area contributed by atoms with Gasteiger partial charge in [0.05, 0.1) is 6.10 Å². The van der Waals surface area contributed by atoms with Crippen molar-refractivity contribution < 1.29 is 9.47 Å². The predicted octanol–water partition coefficient (Wildman–Crippen LogP) is 1.98. The number of guanidine groups is 1. The molecule has 2 N–H and O–H groups in total. The van der Waals surface area contributed by atoms with Gasteiger partial charge in [0.2, 0.25) is 0 Å². The lowest BCUT2D eigenvalue weighted by Gasteiger charge is -2.22. The van der Waals surface area contributed by atoms with Gasteiger partial charge in [0, 0.05) is 58.1 Å². The summed E-state index contributed by atoms with van der Waals surface area (Å²) in [6, 6.07) is 2.07. The minimum Gasteiger partial charge on any atom is -0.381 e. The number of rotatable bonds is 7. The molecular formula is C18H35IN4O2. The Bertz CT molecular complexity index is 414. The average molecular weight is 466 g/mol. The van der Waals surface area contributed by atoms with Crippen molar-refractivity contribution in [1.29, 1.82) is 0 Å². The Hall–Kier alpha value is -0.120. The van der Waals surface area contributed by atoms with Crippen molar-refractivity contribution in [1.82, 2.24) is 15.5 Å². The fourth-order valence-corrected chi connectivity index (χ4v) is 3.84. The molecule has 25 heavy (non-hydrogen) atoms. The normalized spacial score (nSPS) is 28.6. The Kier molecular flexibility index (Phi) is 9.23. The smallest absolute Gasteiger partial charge is 0.191 e. The molecule has 0 amide bonds. The second-order valence-electron chi connectivity index (χ2n) is 7.39. The van der Waals surface area contributed by atoms with Gasteiger partial charge in [-0.2, -0.15) is 0 Å². The molecule has 0 aromatic carbocycles. The quantitative estimate of drug-likeness (QED) is 0.260. The van der Waals surface area contributed by atoms with E-state index in [-0.39, 0.29) is 24.0 Å². The highest BCUT2D eigenvalue weighted by Gasteiger charge is 2.38. The monoisotopic (exact) mass is 466 g/mol. The van der Waals surface area contributed by atoms with Crippen LogP contribution in [0.15, 0.2) is 4.99 Å². The predicted molar refractivity (Wildman–Crippen MR) is 112 cm³/mol. The second kappa shape index (κ2) is 10.9. The average Bonchev–Trinajstić information content (AvgIpc) is 3.38. The number of nitrogens with zero attached hydrogens (tertiary/aromatic N) is 2. The molecule has 2 aliphatic heterocycles. The Morgan fingerprint density at radius 2 is 2.00 bits per heavy atom. The van der Waals surface area contributed by atoms with Crippen LogP contribution >= 0.6 is 24.0 Å². The van der Waals surface area contributed by atoms with E-state index >= 15 is 0 Å². The lowest BCUT2D eigenvalue weighted by atomic mass is 10.1. The van der Waals surface area contributed by atoms with Crippen molar-refractivity contribution in [2.45, 2.75) is 69.7 Å². The number of ether oxygens (including phenoxy) is 2. The van der Waals surface area contributed by atoms with E-state index in [0.29, 0.717) is 18.2 Å². The molecule has 7 heteroatoms. The first-order valence-corrected chi connectivity index (χ1v) is 9.68. The first-order valence-electron chi connectivity index (χ1n) is 9.68. The maximum atomic E-state index is 5.91. The number of aliphatic imine (C=N–C) groups is 1. The van der Waals surface area contributed by atoms with Gasteiger partial charge in [-0.3, -0.25) is 9.89 Å². The van der Waals surface area contributed by atoms with Gasteiger partial charge in [-0.25, -0.2) is 0 Å². The van der Waals surface area contributed by atoms with E-state index in [1.54, 1.807) is 0 Å². The summed E-state index contributed by atoms with van der Waals surface area (Å²) < 4.78 is 11.3. The first kappa shape index (κ1) is 21.2. The third-order valence-corrected chi connectivity index (χ3v) is 5.34. The molecule has 2 unspecified atom stereocenters. The molecule has 1 saturated carbocycles. The van der Waals surface area contributed by atoms with Crippen LogP contribution in [0.3, 0.4) is 0 Å². The van der Waals surface area contributed by atoms with Crippen LogP contribution in [-0.2, 0) is 9.47 Å². The summed E-state index contributed by atoms with van der Waals surface area (Å²) in [5.74, 6) is 0.927. The van der Waals surface area contributed by atoms with Gasteiger partial charge in [-0.05, 0) is 45.4 Å². The molecule has 146 valence electrons. The van der Waals surface area contributed by atoms with Crippen molar-refractivity contribution in [2.75, 3.05) is 40.0 Å². The fraction of sp³-hybridized carbons (Fsp3) is 0.944. The van der Waals surface area contributed by atoms with E-state index in [1.165, 1.54) is 19.3 Å². The molecular weight excluding hydrogens is 431 g/mol. The topological polar surface area (TPSA) is 58.1 Å². The third kappa shape index (κ3) is 6.84. The first-order chi connectivity index (χ1) is 11.8. The summed E-state index contributed by atoms with van der Waals surface area (Å²) in [6.07, 6.45) is 7.46. The summed E-state index contributed by atoms with van der Waals surface area (Å²) in [4.78, 5) is 7.03. The Morgan fingerprint density at radius 1 is 1.24 bits per heavy atom. The lowest BCUT2D eigenvalue weighted by molar-refractivity contribution is -0.0320. The summed E-state index contributed by atoms with van der Waals surface area (Å²) >= 11 is 0. The van der Waals surface area contributed by atoms with Gasteiger partial charge in [-0.15, -0.1) is 24.0 Å². The highest BCUT2D eigenvalue weighted by Crippen LogP contribution is 2.33. The van der Waals surface area contributed by atoms with Crippen LogP contribution in [0.1, 0.15) is 45.4 Å². The molecule has 1 aliphatic carbocycles. The zero-order valence-electron chi connectivity index (χ0n) is 15.7. The molecule has 3 fully saturated rings. The number of hydrogen-bond donors (Lipinski definition) is 2. The molecule has 0 aromatic rings.